The van der Waals surface area contributed by atoms with Crippen LogP contribution in [0.3, 0.4) is 0 Å². The largest absolute Gasteiger partial charge is 0.349 e. The summed E-state index contributed by atoms with van der Waals surface area (Å²) in [5, 5.41) is 9.93. The van der Waals surface area contributed by atoms with Gasteiger partial charge in [0.15, 0.2) is 0 Å². The van der Waals surface area contributed by atoms with Crippen LogP contribution in [0.4, 0.5) is 0 Å². The molecule has 3 rings (SSSR count). The summed E-state index contributed by atoms with van der Waals surface area (Å²) in [4.78, 5) is 27.4. The van der Waals surface area contributed by atoms with Gasteiger partial charge in [0, 0.05) is 57.8 Å². The van der Waals surface area contributed by atoms with Crippen molar-refractivity contribution < 1.29 is 9.59 Å². The molecule has 1 aliphatic carbocycles. The topological polar surface area (TPSA) is 81.3 Å². The van der Waals surface area contributed by atoms with Crippen molar-refractivity contribution in [2.45, 2.75) is 25.7 Å². The monoisotopic (exact) mass is 305 g/mol. The van der Waals surface area contributed by atoms with Crippen LogP contribution in [0.25, 0.3) is 0 Å². The van der Waals surface area contributed by atoms with Crippen molar-refractivity contribution in [1.29, 1.82) is 0 Å². The number of amides is 2. The maximum absolute atomic E-state index is 12.0. The number of aromatic nitrogens is 2. The molecule has 7 nitrogen and oxygen atoms in total. The van der Waals surface area contributed by atoms with Crippen LogP contribution in [0.15, 0.2) is 6.07 Å². The Morgan fingerprint density at radius 3 is 2.68 bits per heavy atom. The summed E-state index contributed by atoms with van der Waals surface area (Å²) in [5.74, 6) is 0.593. The average molecular weight is 305 g/mol. The van der Waals surface area contributed by atoms with Crippen LogP contribution in [0, 0.1) is 0 Å². The molecule has 1 aliphatic heterocycles. The third-order valence-electron chi connectivity index (χ3n) is 4.38. The Kier molecular flexibility index (Phi) is 4.42. The second kappa shape index (κ2) is 6.48. The van der Waals surface area contributed by atoms with Gasteiger partial charge in [-0.05, 0) is 18.9 Å². The van der Waals surface area contributed by atoms with Crippen molar-refractivity contribution in [2.24, 2.45) is 0 Å². The van der Waals surface area contributed by atoms with Gasteiger partial charge >= 0.3 is 0 Å². The Balaban J connectivity index is 1.37. The predicted octanol–water partition coefficient (Wildman–Crippen LogP) is 0.181. The molecule has 22 heavy (non-hydrogen) atoms. The van der Waals surface area contributed by atoms with E-state index in [0.717, 1.165) is 38.4 Å². The van der Waals surface area contributed by atoms with E-state index in [0.29, 0.717) is 18.2 Å². The van der Waals surface area contributed by atoms with Crippen molar-refractivity contribution in [1.82, 2.24) is 25.3 Å². The van der Waals surface area contributed by atoms with E-state index in [4.69, 9.17) is 0 Å². The Morgan fingerprint density at radius 1 is 1.32 bits per heavy atom. The first kappa shape index (κ1) is 15.0. The van der Waals surface area contributed by atoms with Gasteiger partial charge in [0.1, 0.15) is 5.69 Å². The van der Waals surface area contributed by atoms with Gasteiger partial charge in [0.2, 0.25) is 5.91 Å². The summed E-state index contributed by atoms with van der Waals surface area (Å²) in [6.07, 6.45) is 2.38. The first-order valence-corrected chi connectivity index (χ1v) is 7.95. The van der Waals surface area contributed by atoms with E-state index in [1.54, 1.807) is 6.92 Å². The molecule has 7 heteroatoms. The molecule has 2 heterocycles. The zero-order valence-electron chi connectivity index (χ0n) is 13.0. The lowest BCUT2D eigenvalue weighted by Gasteiger charge is -2.34. The molecule has 1 aromatic rings. The number of carbonyl (C=O) groups excluding carboxylic acids is 2. The smallest absolute Gasteiger partial charge is 0.271 e. The number of piperazine rings is 1. The van der Waals surface area contributed by atoms with Crippen LogP contribution < -0.4 is 5.32 Å². The van der Waals surface area contributed by atoms with Crippen LogP contribution in [0.1, 0.15) is 41.9 Å². The van der Waals surface area contributed by atoms with Crippen LogP contribution in [0.5, 0.6) is 0 Å². The predicted molar refractivity (Wildman–Crippen MR) is 81.6 cm³/mol. The molecule has 1 saturated carbocycles. The van der Waals surface area contributed by atoms with Gasteiger partial charge in [-0.15, -0.1) is 0 Å². The molecule has 0 radical (unpaired) electrons. The Bertz CT molecular complexity index is 544. The molecule has 0 unspecified atom stereocenters. The van der Waals surface area contributed by atoms with E-state index in [1.165, 1.54) is 12.8 Å². The number of rotatable bonds is 5. The fraction of sp³-hybridized carbons (Fsp3) is 0.667. The molecular formula is C15H23N5O2. The highest BCUT2D eigenvalue weighted by Gasteiger charge is 2.26. The third kappa shape index (κ3) is 3.65. The molecule has 0 spiro atoms. The fourth-order valence-electron chi connectivity index (χ4n) is 2.76. The lowest BCUT2D eigenvalue weighted by Crippen LogP contribution is -2.49. The van der Waals surface area contributed by atoms with E-state index >= 15 is 0 Å². The van der Waals surface area contributed by atoms with Crippen LogP contribution >= 0.6 is 0 Å². The number of carbonyl (C=O) groups is 2. The molecule has 2 amide bonds. The standard InChI is InChI=1S/C15H23N5O2/c1-11(21)20-8-6-19(7-9-20)5-4-16-15(22)14-10-13(17-18-14)12-2-3-12/h10,12H,2-9H2,1H3,(H,16,22)(H,17,18). The van der Waals surface area contributed by atoms with Gasteiger partial charge in [-0.1, -0.05) is 0 Å². The first-order valence-electron chi connectivity index (χ1n) is 7.95. The fourth-order valence-corrected chi connectivity index (χ4v) is 2.76. The summed E-state index contributed by atoms with van der Waals surface area (Å²) < 4.78 is 0. The second-order valence-electron chi connectivity index (χ2n) is 6.09. The molecule has 0 atom stereocenters. The minimum Gasteiger partial charge on any atom is -0.349 e. The Hall–Kier alpha value is -1.89. The molecule has 2 fully saturated rings. The molecule has 2 N–H and O–H groups in total. The lowest BCUT2D eigenvalue weighted by molar-refractivity contribution is -0.130. The number of H-pyrrole nitrogens is 1. The van der Waals surface area contributed by atoms with Crippen LogP contribution in [-0.2, 0) is 4.79 Å². The van der Waals surface area contributed by atoms with Gasteiger partial charge < -0.3 is 10.2 Å². The van der Waals surface area contributed by atoms with Crippen LogP contribution in [-0.4, -0.2) is 71.1 Å². The number of hydrogen-bond donors (Lipinski definition) is 2. The summed E-state index contributed by atoms with van der Waals surface area (Å²) in [6, 6.07) is 1.86. The zero-order valence-corrected chi connectivity index (χ0v) is 13.0. The highest BCUT2D eigenvalue weighted by molar-refractivity contribution is 5.92. The average Bonchev–Trinajstić information content (AvgIpc) is 3.25. The highest BCUT2D eigenvalue weighted by atomic mass is 16.2. The summed E-state index contributed by atoms with van der Waals surface area (Å²) >= 11 is 0. The molecular weight excluding hydrogens is 282 g/mol. The number of hydrogen-bond acceptors (Lipinski definition) is 4. The molecule has 0 aromatic carbocycles. The quantitative estimate of drug-likeness (QED) is 0.813. The van der Waals surface area contributed by atoms with Crippen molar-refractivity contribution in [3.05, 3.63) is 17.5 Å². The maximum atomic E-state index is 12.0. The third-order valence-corrected chi connectivity index (χ3v) is 4.38. The summed E-state index contributed by atoms with van der Waals surface area (Å²) in [5.41, 5.74) is 1.55. The minimum atomic E-state index is -0.120. The van der Waals surface area contributed by atoms with E-state index < -0.39 is 0 Å². The van der Waals surface area contributed by atoms with Crippen molar-refractivity contribution in [2.75, 3.05) is 39.3 Å². The Labute approximate surface area is 130 Å². The van der Waals surface area contributed by atoms with E-state index in [9.17, 15) is 9.59 Å². The number of nitrogens with one attached hydrogen (secondary N) is 2. The van der Waals surface area contributed by atoms with Crippen molar-refractivity contribution in [3.63, 3.8) is 0 Å². The maximum Gasteiger partial charge on any atom is 0.271 e. The summed E-state index contributed by atoms with van der Waals surface area (Å²) in [6.45, 7) is 6.28. The minimum absolute atomic E-state index is 0.120. The van der Waals surface area contributed by atoms with Gasteiger partial charge in [0.25, 0.3) is 5.91 Å². The van der Waals surface area contributed by atoms with E-state index in [2.05, 4.69) is 20.4 Å². The van der Waals surface area contributed by atoms with E-state index in [1.807, 2.05) is 11.0 Å². The summed E-state index contributed by atoms with van der Waals surface area (Å²) in [7, 11) is 0. The molecule has 1 saturated heterocycles. The number of nitrogens with zero attached hydrogens (tertiary/aromatic N) is 3. The lowest BCUT2D eigenvalue weighted by atomic mass is 10.2. The SMILES string of the molecule is CC(=O)N1CCN(CCNC(=O)c2cc(C3CC3)[nH]n2)CC1. The normalized spacial score (nSPS) is 19.2. The van der Waals surface area contributed by atoms with Gasteiger partial charge in [-0.2, -0.15) is 5.10 Å². The first-order chi connectivity index (χ1) is 10.6. The van der Waals surface area contributed by atoms with Crippen molar-refractivity contribution >= 4 is 11.8 Å². The number of aromatic amines is 1. The molecule has 0 bridgehead atoms. The molecule has 2 aliphatic rings. The van der Waals surface area contributed by atoms with Gasteiger partial charge in [-0.25, -0.2) is 0 Å². The van der Waals surface area contributed by atoms with Gasteiger partial charge in [-0.3, -0.25) is 19.6 Å². The second-order valence-corrected chi connectivity index (χ2v) is 6.09. The molecule has 120 valence electrons. The van der Waals surface area contributed by atoms with E-state index in [-0.39, 0.29) is 11.8 Å². The highest BCUT2D eigenvalue weighted by Crippen LogP contribution is 2.38. The molecule has 1 aromatic heterocycles. The van der Waals surface area contributed by atoms with Crippen LogP contribution in [0.2, 0.25) is 0 Å². The zero-order chi connectivity index (χ0) is 15.5. The van der Waals surface area contributed by atoms with Gasteiger partial charge in [0.05, 0.1) is 0 Å². The van der Waals surface area contributed by atoms with Crippen molar-refractivity contribution in [3.8, 4) is 0 Å². The Morgan fingerprint density at radius 2 is 2.05 bits per heavy atom.